The lowest BCUT2D eigenvalue weighted by atomic mass is 10.4. The molecule has 0 aromatic heterocycles. The zero-order valence-corrected chi connectivity index (χ0v) is 6.74. The fourth-order valence-electron chi connectivity index (χ4n) is 0.415. The van der Waals surface area contributed by atoms with E-state index in [4.69, 9.17) is 5.11 Å². The molecule has 0 rings (SSSR count). The van der Waals surface area contributed by atoms with Gasteiger partial charge in [-0.2, -0.15) is 0 Å². The zero-order valence-electron chi connectivity index (χ0n) is 6.74. The molecule has 0 unspecified atom stereocenters. The molecule has 0 saturated heterocycles. The summed E-state index contributed by atoms with van der Waals surface area (Å²) in [6, 6.07) is -0.942. The third-order valence-electron chi connectivity index (χ3n) is 1.04. The molecule has 1 amide bonds. The van der Waals surface area contributed by atoms with Gasteiger partial charge in [-0.1, -0.05) is 12.7 Å². The SMILES string of the molecule is C=CCOC(=O)N[C@@H](C)C(=O)O. The summed E-state index contributed by atoms with van der Waals surface area (Å²) >= 11 is 0. The van der Waals surface area contributed by atoms with Gasteiger partial charge in [0.15, 0.2) is 0 Å². The molecule has 12 heavy (non-hydrogen) atoms. The summed E-state index contributed by atoms with van der Waals surface area (Å²) in [6.07, 6.45) is 0.634. The summed E-state index contributed by atoms with van der Waals surface area (Å²) < 4.78 is 4.48. The normalized spacial score (nSPS) is 11.4. The van der Waals surface area contributed by atoms with Crippen molar-refractivity contribution in [1.82, 2.24) is 5.32 Å². The topological polar surface area (TPSA) is 75.6 Å². The first-order valence-electron chi connectivity index (χ1n) is 3.35. The van der Waals surface area contributed by atoms with Crippen molar-refractivity contribution in [2.75, 3.05) is 6.61 Å². The molecular weight excluding hydrogens is 162 g/mol. The van der Waals surface area contributed by atoms with Crippen molar-refractivity contribution in [2.24, 2.45) is 0 Å². The number of carboxylic acids is 1. The number of carbonyl (C=O) groups is 2. The second-order valence-electron chi connectivity index (χ2n) is 2.09. The van der Waals surface area contributed by atoms with Gasteiger partial charge in [-0.15, -0.1) is 0 Å². The van der Waals surface area contributed by atoms with Crippen LogP contribution in [0.5, 0.6) is 0 Å². The Hall–Kier alpha value is -1.52. The Labute approximate surface area is 70.0 Å². The van der Waals surface area contributed by atoms with Crippen LogP contribution in [0.4, 0.5) is 4.79 Å². The highest BCUT2D eigenvalue weighted by Crippen LogP contribution is 1.84. The first-order valence-corrected chi connectivity index (χ1v) is 3.35. The van der Waals surface area contributed by atoms with E-state index in [1.165, 1.54) is 13.0 Å². The van der Waals surface area contributed by atoms with Gasteiger partial charge in [0.1, 0.15) is 12.6 Å². The Kier molecular flexibility index (Phi) is 4.52. The molecule has 0 saturated carbocycles. The van der Waals surface area contributed by atoms with Crippen molar-refractivity contribution in [2.45, 2.75) is 13.0 Å². The number of aliphatic carboxylic acids is 1. The van der Waals surface area contributed by atoms with E-state index in [1.54, 1.807) is 0 Å². The molecule has 1 atom stereocenters. The highest BCUT2D eigenvalue weighted by atomic mass is 16.5. The molecule has 68 valence electrons. The van der Waals surface area contributed by atoms with Crippen LogP contribution in [0.25, 0.3) is 0 Å². The van der Waals surface area contributed by atoms with Gasteiger partial charge in [-0.25, -0.2) is 4.79 Å². The summed E-state index contributed by atoms with van der Waals surface area (Å²) in [6.45, 7) is 4.74. The molecule has 0 aromatic carbocycles. The minimum atomic E-state index is -1.11. The van der Waals surface area contributed by atoms with Crippen LogP contribution in [0.15, 0.2) is 12.7 Å². The monoisotopic (exact) mass is 173 g/mol. The summed E-state index contributed by atoms with van der Waals surface area (Å²) in [5, 5.41) is 10.5. The molecule has 0 bridgehead atoms. The molecule has 2 N–H and O–H groups in total. The molecule has 5 nitrogen and oxygen atoms in total. The fraction of sp³-hybridized carbons (Fsp3) is 0.429. The Bertz CT molecular complexity index is 190. The van der Waals surface area contributed by atoms with E-state index in [2.05, 4.69) is 16.6 Å². The van der Waals surface area contributed by atoms with Crippen LogP contribution in [-0.2, 0) is 9.53 Å². The van der Waals surface area contributed by atoms with E-state index < -0.39 is 18.1 Å². The number of rotatable bonds is 4. The van der Waals surface area contributed by atoms with E-state index in [0.717, 1.165) is 0 Å². The van der Waals surface area contributed by atoms with E-state index in [1.807, 2.05) is 0 Å². The number of nitrogens with one attached hydrogen (secondary N) is 1. The number of hydrogen-bond acceptors (Lipinski definition) is 3. The summed E-state index contributed by atoms with van der Waals surface area (Å²) in [5.74, 6) is -1.11. The highest BCUT2D eigenvalue weighted by molar-refractivity contribution is 5.79. The smallest absolute Gasteiger partial charge is 0.408 e. The Balaban J connectivity index is 3.68. The third-order valence-corrected chi connectivity index (χ3v) is 1.04. The molecular formula is C7H11NO4. The fourth-order valence-corrected chi connectivity index (χ4v) is 0.415. The molecule has 5 heteroatoms. The van der Waals surface area contributed by atoms with Crippen LogP contribution >= 0.6 is 0 Å². The van der Waals surface area contributed by atoms with E-state index >= 15 is 0 Å². The average Bonchev–Trinajstić information content (AvgIpc) is 2.00. The largest absolute Gasteiger partial charge is 0.480 e. The second-order valence-corrected chi connectivity index (χ2v) is 2.09. The van der Waals surface area contributed by atoms with Crippen molar-refractivity contribution in [3.8, 4) is 0 Å². The van der Waals surface area contributed by atoms with Crippen molar-refractivity contribution >= 4 is 12.1 Å². The Morgan fingerprint density at radius 2 is 2.33 bits per heavy atom. The van der Waals surface area contributed by atoms with Gasteiger partial charge in [0.05, 0.1) is 0 Å². The van der Waals surface area contributed by atoms with Gasteiger partial charge in [0.25, 0.3) is 0 Å². The average molecular weight is 173 g/mol. The minimum absolute atomic E-state index is 0.0676. The first-order chi connectivity index (χ1) is 5.57. The molecule has 0 spiro atoms. The molecule has 0 aliphatic carbocycles. The Morgan fingerprint density at radius 3 is 2.75 bits per heavy atom. The molecule has 0 fully saturated rings. The van der Waals surface area contributed by atoms with Crippen molar-refractivity contribution < 1.29 is 19.4 Å². The number of alkyl carbamates (subject to hydrolysis) is 1. The van der Waals surface area contributed by atoms with E-state index in [-0.39, 0.29) is 6.61 Å². The predicted molar refractivity (Wildman–Crippen MR) is 41.8 cm³/mol. The van der Waals surface area contributed by atoms with Gasteiger partial charge in [0, 0.05) is 0 Å². The molecule has 0 aromatic rings. The van der Waals surface area contributed by atoms with Crippen LogP contribution < -0.4 is 5.32 Å². The summed E-state index contributed by atoms with van der Waals surface area (Å²) in [4.78, 5) is 20.9. The summed E-state index contributed by atoms with van der Waals surface area (Å²) in [5.41, 5.74) is 0. The number of ether oxygens (including phenoxy) is 1. The van der Waals surface area contributed by atoms with Crippen LogP contribution in [0.2, 0.25) is 0 Å². The maximum atomic E-state index is 10.7. The number of hydrogen-bond donors (Lipinski definition) is 2. The summed E-state index contributed by atoms with van der Waals surface area (Å²) in [7, 11) is 0. The van der Waals surface area contributed by atoms with Crippen molar-refractivity contribution in [1.29, 1.82) is 0 Å². The maximum absolute atomic E-state index is 10.7. The van der Waals surface area contributed by atoms with Crippen molar-refractivity contribution in [3.63, 3.8) is 0 Å². The molecule has 0 radical (unpaired) electrons. The van der Waals surface area contributed by atoms with Gasteiger partial charge in [0.2, 0.25) is 0 Å². The number of carbonyl (C=O) groups excluding carboxylic acids is 1. The first kappa shape index (κ1) is 10.5. The maximum Gasteiger partial charge on any atom is 0.408 e. The predicted octanol–water partition coefficient (Wildman–Crippen LogP) is 0.372. The van der Waals surface area contributed by atoms with Gasteiger partial charge < -0.3 is 15.2 Å². The van der Waals surface area contributed by atoms with Crippen molar-refractivity contribution in [3.05, 3.63) is 12.7 Å². The zero-order chi connectivity index (χ0) is 9.56. The highest BCUT2D eigenvalue weighted by Gasteiger charge is 2.13. The van der Waals surface area contributed by atoms with Gasteiger partial charge in [-0.05, 0) is 6.92 Å². The molecule has 0 heterocycles. The van der Waals surface area contributed by atoms with Gasteiger partial charge in [-0.3, -0.25) is 4.79 Å². The second kappa shape index (κ2) is 5.17. The van der Waals surface area contributed by atoms with Crippen LogP contribution in [-0.4, -0.2) is 29.8 Å². The quantitative estimate of drug-likeness (QED) is 0.602. The van der Waals surface area contributed by atoms with Crippen LogP contribution in [0.1, 0.15) is 6.92 Å². The van der Waals surface area contributed by atoms with Crippen LogP contribution in [0, 0.1) is 0 Å². The molecule has 0 aliphatic heterocycles. The van der Waals surface area contributed by atoms with E-state index in [0.29, 0.717) is 0 Å². The number of amides is 1. The van der Waals surface area contributed by atoms with E-state index in [9.17, 15) is 9.59 Å². The van der Waals surface area contributed by atoms with Gasteiger partial charge >= 0.3 is 12.1 Å². The number of carboxylic acid groups (broad SMARTS) is 1. The Morgan fingerprint density at radius 1 is 1.75 bits per heavy atom. The van der Waals surface area contributed by atoms with Crippen LogP contribution in [0.3, 0.4) is 0 Å². The minimum Gasteiger partial charge on any atom is -0.480 e. The lowest BCUT2D eigenvalue weighted by Crippen LogP contribution is -2.38. The third kappa shape index (κ3) is 4.32. The molecule has 0 aliphatic rings. The lowest BCUT2D eigenvalue weighted by molar-refractivity contribution is -0.138. The lowest BCUT2D eigenvalue weighted by Gasteiger charge is -2.08. The standard InChI is InChI=1S/C7H11NO4/c1-3-4-12-7(11)8-5(2)6(9)10/h3,5H,1,4H2,2H3,(H,8,11)(H,9,10)/t5-/m0/s1.